The maximum absolute atomic E-state index is 11.8. The third kappa shape index (κ3) is 6.83. The van der Waals surface area contributed by atoms with Crippen LogP contribution in [0.3, 0.4) is 0 Å². The van der Waals surface area contributed by atoms with E-state index in [1.54, 1.807) is 0 Å². The Morgan fingerprint density at radius 1 is 1.18 bits per heavy atom. The largest absolute Gasteiger partial charge is 0.488 e. The first-order chi connectivity index (χ1) is 12.7. The van der Waals surface area contributed by atoms with Gasteiger partial charge in [0.1, 0.15) is 12.2 Å². The van der Waals surface area contributed by atoms with E-state index >= 15 is 0 Å². The van der Waals surface area contributed by atoms with Crippen molar-refractivity contribution in [2.75, 3.05) is 12.1 Å². The maximum Gasteiger partial charge on any atom is 0.488 e. The van der Waals surface area contributed by atoms with Crippen LogP contribution < -0.4 is 11.4 Å². The highest BCUT2D eigenvalue weighted by atomic mass is 31.3. The van der Waals surface area contributed by atoms with Crippen LogP contribution in [-0.2, 0) is 27.1 Å². The number of phosphoric acid groups is 2. The second-order valence-electron chi connectivity index (χ2n) is 5.83. The molecule has 5 atom stereocenters. The van der Waals surface area contributed by atoms with Crippen LogP contribution in [-0.4, -0.2) is 52.8 Å². The molecule has 1 fully saturated rings. The number of anilines is 1. The maximum atomic E-state index is 11.8. The molecule has 2 rings (SSSR count). The van der Waals surface area contributed by atoms with E-state index in [1.165, 1.54) is 12.3 Å². The SMILES string of the molecule is Nc1ccn([C@@H]2C[C@H](OCP(=O)(O)OP(=O)(O)OP(=O)(O)O)C[C@H]2O)c(=O)n1. The number of aliphatic hydroxyl groups is 1. The minimum Gasteiger partial charge on any atom is -0.391 e. The number of ether oxygens (including phenoxy) is 1. The van der Waals surface area contributed by atoms with Gasteiger partial charge in [-0.2, -0.15) is 9.29 Å². The van der Waals surface area contributed by atoms with Crippen molar-refractivity contribution in [1.29, 1.82) is 0 Å². The lowest BCUT2D eigenvalue weighted by atomic mass is 10.2. The number of nitrogens with zero attached hydrogens (tertiary/aromatic N) is 2. The molecule has 160 valence electrons. The monoisotopic (exact) mass is 465 g/mol. The lowest BCUT2D eigenvalue weighted by Crippen LogP contribution is -2.30. The van der Waals surface area contributed by atoms with Gasteiger partial charge in [-0.15, -0.1) is 0 Å². The van der Waals surface area contributed by atoms with Gasteiger partial charge in [-0.25, -0.2) is 18.2 Å². The summed E-state index contributed by atoms with van der Waals surface area (Å²) >= 11 is 0. The molecule has 1 aliphatic carbocycles. The van der Waals surface area contributed by atoms with Gasteiger partial charge in [-0.05, 0) is 12.5 Å². The van der Waals surface area contributed by atoms with Crippen molar-refractivity contribution in [3.63, 3.8) is 0 Å². The number of nitrogen functional groups attached to an aromatic ring is 1. The lowest BCUT2D eigenvalue weighted by Gasteiger charge is -2.18. The Hall–Kier alpha value is -0.950. The minimum atomic E-state index is -5.55. The summed E-state index contributed by atoms with van der Waals surface area (Å²) in [5.74, 6) is -0.00846. The number of rotatable bonds is 8. The van der Waals surface area contributed by atoms with Crippen molar-refractivity contribution >= 4 is 29.1 Å². The molecule has 1 aromatic heterocycles. The van der Waals surface area contributed by atoms with Crippen LogP contribution in [0.1, 0.15) is 18.9 Å². The standard InChI is InChI=1S/C10H18N3O12P3/c11-9-1-2-13(10(15)12-9)7-3-6(4-8(7)14)23-5-26(16,17)24-28(21,22)25-27(18,19)20/h1-2,6-8,14H,3-5H2,(H,16,17)(H,21,22)(H2,11,12,15)(H2,18,19,20)/t6-,7+,8+/m0/s1. The molecule has 0 aromatic carbocycles. The summed E-state index contributed by atoms with van der Waals surface area (Å²) in [7, 11) is -16.0. The van der Waals surface area contributed by atoms with Crippen molar-refractivity contribution in [2.45, 2.75) is 31.1 Å². The Labute approximate surface area is 157 Å². The molecule has 0 saturated heterocycles. The molecule has 1 saturated carbocycles. The van der Waals surface area contributed by atoms with E-state index in [9.17, 15) is 28.5 Å². The number of hydrogen-bond donors (Lipinski definition) is 6. The van der Waals surface area contributed by atoms with E-state index in [0.29, 0.717) is 0 Å². The molecule has 18 heteroatoms. The van der Waals surface area contributed by atoms with Gasteiger partial charge in [0.2, 0.25) is 0 Å². The van der Waals surface area contributed by atoms with Gasteiger partial charge in [0.25, 0.3) is 0 Å². The molecule has 0 radical (unpaired) electrons. The van der Waals surface area contributed by atoms with Crippen molar-refractivity contribution in [1.82, 2.24) is 9.55 Å². The van der Waals surface area contributed by atoms with Gasteiger partial charge >= 0.3 is 28.9 Å². The molecule has 2 unspecified atom stereocenters. The van der Waals surface area contributed by atoms with Crippen molar-refractivity contribution in [3.8, 4) is 0 Å². The highest BCUT2D eigenvalue weighted by molar-refractivity contribution is 7.68. The molecule has 28 heavy (non-hydrogen) atoms. The molecule has 1 aromatic rings. The Balaban J connectivity index is 1.97. The van der Waals surface area contributed by atoms with Gasteiger partial charge in [0, 0.05) is 12.6 Å². The second kappa shape index (κ2) is 8.42. The predicted octanol–water partition coefficient (Wildman–Crippen LogP) is -0.724. The fourth-order valence-corrected chi connectivity index (χ4v) is 5.94. The molecule has 1 heterocycles. The normalized spacial score (nSPS) is 27.2. The zero-order valence-electron chi connectivity index (χ0n) is 13.9. The van der Waals surface area contributed by atoms with E-state index < -0.39 is 53.5 Å². The van der Waals surface area contributed by atoms with Crippen LogP contribution in [0.4, 0.5) is 5.82 Å². The van der Waals surface area contributed by atoms with Gasteiger partial charge < -0.3 is 35.2 Å². The van der Waals surface area contributed by atoms with Crippen LogP contribution in [0.2, 0.25) is 0 Å². The van der Waals surface area contributed by atoms with Crippen LogP contribution in [0.5, 0.6) is 0 Å². The lowest BCUT2D eigenvalue weighted by molar-refractivity contribution is 0.0660. The Morgan fingerprint density at radius 3 is 2.39 bits per heavy atom. The Morgan fingerprint density at radius 2 is 1.82 bits per heavy atom. The first kappa shape index (κ1) is 23.3. The van der Waals surface area contributed by atoms with Crippen molar-refractivity contribution in [2.24, 2.45) is 0 Å². The smallest absolute Gasteiger partial charge is 0.391 e. The predicted molar refractivity (Wildman–Crippen MR) is 90.8 cm³/mol. The quantitative estimate of drug-likeness (QED) is 0.260. The number of aromatic nitrogens is 2. The number of hydrogen-bond acceptors (Lipinski definition) is 10. The molecule has 15 nitrogen and oxygen atoms in total. The zero-order valence-corrected chi connectivity index (χ0v) is 16.6. The number of aliphatic hydroxyl groups excluding tert-OH is 1. The summed E-state index contributed by atoms with van der Waals surface area (Å²) in [6.45, 7) is 0. The average molecular weight is 465 g/mol. The van der Waals surface area contributed by atoms with Gasteiger partial charge in [-0.3, -0.25) is 9.13 Å². The van der Waals surface area contributed by atoms with Crippen LogP contribution >= 0.6 is 23.2 Å². The molecule has 0 amide bonds. The molecule has 1 aliphatic rings. The van der Waals surface area contributed by atoms with Crippen LogP contribution in [0, 0.1) is 0 Å². The molecule has 0 aliphatic heterocycles. The fourth-order valence-electron chi connectivity index (χ4n) is 2.60. The number of nitrogens with two attached hydrogens (primary N) is 1. The summed E-state index contributed by atoms with van der Waals surface area (Å²) in [5.41, 5.74) is 4.67. The van der Waals surface area contributed by atoms with Crippen LogP contribution in [0.25, 0.3) is 0 Å². The third-order valence-electron chi connectivity index (χ3n) is 3.58. The van der Waals surface area contributed by atoms with Crippen molar-refractivity contribution < 1.29 is 51.7 Å². The van der Waals surface area contributed by atoms with Gasteiger partial charge in [0.15, 0.2) is 0 Å². The minimum absolute atomic E-state index is 0.00846. The Kier molecular flexibility index (Phi) is 7.02. The van der Waals surface area contributed by atoms with E-state index in [0.717, 1.165) is 4.57 Å². The molecule has 0 bridgehead atoms. The molecular formula is C10H18N3O12P3. The Bertz CT molecular complexity index is 914. The summed E-state index contributed by atoms with van der Waals surface area (Å²) < 4.78 is 47.2. The van der Waals surface area contributed by atoms with E-state index in [-0.39, 0.29) is 18.7 Å². The van der Waals surface area contributed by atoms with Crippen LogP contribution in [0.15, 0.2) is 17.1 Å². The first-order valence-electron chi connectivity index (χ1n) is 7.45. The molecule has 7 N–H and O–H groups in total. The summed E-state index contributed by atoms with van der Waals surface area (Å²) in [4.78, 5) is 50.9. The van der Waals surface area contributed by atoms with Gasteiger partial charge in [0.05, 0.1) is 18.2 Å². The molecular weight excluding hydrogens is 447 g/mol. The zero-order chi connectivity index (χ0) is 21.3. The third-order valence-corrected chi connectivity index (χ3v) is 7.57. The molecule has 0 spiro atoms. The summed E-state index contributed by atoms with van der Waals surface area (Å²) in [5, 5.41) is 10.1. The average Bonchev–Trinajstić information content (AvgIpc) is 2.82. The summed E-state index contributed by atoms with van der Waals surface area (Å²) in [6.07, 6.45) is -1.73. The van der Waals surface area contributed by atoms with E-state index in [1.807, 2.05) is 0 Å². The summed E-state index contributed by atoms with van der Waals surface area (Å²) in [6, 6.07) is 0.587. The highest BCUT2D eigenvalue weighted by Crippen LogP contribution is 2.66. The second-order valence-corrected chi connectivity index (χ2v) is 10.6. The van der Waals surface area contributed by atoms with Gasteiger partial charge in [-0.1, -0.05) is 0 Å². The fraction of sp³-hybridized carbons (Fsp3) is 0.600. The van der Waals surface area contributed by atoms with Crippen molar-refractivity contribution in [3.05, 3.63) is 22.7 Å². The van der Waals surface area contributed by atoms with E-state index in [4.69, 9.17) is 25.2 Å². The topological polar surface area (TPSA) is 241 Å². The van der Waals surface area contributed by atoms with E-state index in [2.05, 4.69) is 13.6 Å². The first-order valence-corrected chi connectivity index (χ1v) is 12.2. The highest BCUT2D eigenvalue weighted by Gasteiger charge is 2.41.